The van der Waals surface area contributed by atoms with E-state index in [1.807, 2.05) is 36.5 Å². The lowest BCUT2D eigenvalue weighted by Crippen LogP contribution is -2.02. The van der Waals surface area contributed by atoms with Crippen LogP contribution in [0.3, 0.4) is 0 Å². The van der Waals surface area contributed by atoms with Gasteiger partial charge >= 0.3 is 0 Å². The predicted molar refractivity (Wildman–Crippen MR) is 111 cm³/mol. The summed E-state index contributed by atoms with van der Waals surface area (Å²) < 4.78 is 1.19. The molecule has 0 saturated heterocycles. The molecule has 0 unspecified atom stereocenters. The van der Waals surface area contributed by atoms with Crippen molar-refractivity contribution in [3.05, 3.63) is 70.8 Å². The number of anilines is 3. The van der Waals surface area contributed by atoms with Crippen molar-refractivity contribution in [2.75, 3.05) is 10.6 Å². The van der Waals surface area contributed by atoms with Crippen molar-refractivity contribution in [3.63, 3.8) is 0 Å². The SMILES string of the molecule is N=Nc1ccc(Nc2cccc(Cl)c2)nc1NCc1cc2cnccc2s1. The fourth-order valence-corrected chi connectivity index (χ4v) is 3.81. The molecule has 0 aliphatic heterocycles. The zero-order valence-corrected chi connectivity index (χ0v) is 15.7. The number of aromatic nitrogens is 2. The largest absolute Gasteiger partial charge is 0.363 e. The minimum absolute atomic E-state index is 0.481. The van der Waals surface area contributed by atoms with Crippen molar-refractivity contribution in [2.45, 2.75) is 6.54 Å². The Morgan fingerprint density at radius 3 is 2.89 bits per heavy atom. The molecular formula is C19H15ClN6S. The average molecular weight is 395 g/mol. The molecule has 1 aromatic carbocycles. The van der Waals surface area contributed by atoms with E-state index >= 15 is 0 Å². The Labute approximate surface area is 164 Å². The van der Waals surface area contributed by atoms with Gasteiger partial charge in [0.1, 0.15) is 11.5 Å². The molecule has 0 spiro atoms. The molecule has 0 bridgehead atoms. The van der Waals surface area contributed by atoms with Gasteiger partial charge in [0.15, 0.2) is 5.82 Å². The Hall–Kier alpha value is -3.03. The smallest absolute Gasteiger partial charge is 0.156 e. The molecule has 0 saturated carbocycles. The topological polar surface area (TPSA) is 86.0 Å². The second-order valence-corrected chi connectivity index (χ2v) is 7.40. The Kier molecular flexibility index (Phi) is 4.95. The van der Waals surface area contributed by atoms with E-state index in [-0.39, 0.29) is 0 Å². The standard InChI is InChI=1S/C19H15ClN6S/c20-13-2-1-3-14(9-13)24-18-5-4-16(26-21)19(25-18)23-11-15-8-12-10-22-7-6-17(12)27-15/h1-10,21H,11H2,(H2,23,24,25). The zero-order chi connectivity index (χ0) is 18.6. The van der Waals surface area contributed by atoms with E-state index < -0.39 is 0 Å². The van der Waals surface area contributed by atoms with Gasteiger partial charge in [-0.3, -0.25) is 4.98 Å². The summed E-state index contributed by atoms with van der Waals surface area (Å²) >= 11 is 7.73. The van der Waals surface area contributed by atoms with Crippen LogP contribution in [0.5, 0.6) is 0 Å². The average Bonchev–Trinajstić information content (AvgIpc) is 3.09. The van der Waals surface area contributed by atoms with Gasteiger partial charge in [0, 0.05) is 38.1 Å². The summed E-state index contributed by atoms with van der Waals surface area (Å²) in [7, 11) is 0. The predicted octanol–water partition coefficient (Wildman–Crippen LogP) is 6.36. The molecule has 27 heavy (non-hydrogen) atoms. The number of nitrogens with one attached hydrogen (secondary N) is 3. The number of rotatable bonds is 6. The second kappa shape index (κ2) is 7.69. The van der Waals surface area contributed by atoms with Gasteiger partial charge in [-0.05, 0) is 42.5 Å². The van der Waals surface area contributed by atoms with Crippen LogP contribution in [0.25, 0.3) is 10.1 Å². The number of hydrogen-bond donors (Lipinski definition) is 3. The van der Waals surface area contributed by atoms with Crippen molar-refractivity contribution in [3.8, 4) is 0 Å². The molecule has 0 fully saturated rings. The van der Waals surface area contributed by atoms with Gasteiger partial charge in [0.2, 0.25) is 0 Å². The molecule has 0 aliphatic carbocycles. The molecule has 0 radical (unpaired) electrons. The maximum atomic E-state index is 7.38. The highest BCUT2D eigenvalue weighted by Crippen LogP contribution is 2.29. The number of nitrogens with zero attached hydrogens (tertiary/aromatic N) is 3. The Morgan fingerprint density at radius 1 is 1.15 bits per heavy atom. The van der Waals surface area contributed by atoms with Crippen molar-refractivity contribution in [1.29, 1.82) is 5.53 Å². The number of thiophene rings is 1. The lowest BCUT2D eigenvalue weighted by atomic mass is 10.3. The quantitative estimate of drug-likeness (QED) is 0.332. The normalized spacial score (nSPS) is 10.7. The van der Waals surface area contributed by atoms with E-state index in [1.165, 1.54) is 4.70 Å². The lowest BCUT2D eigenvalue weighted by molar-refractivity contribution is 1.09. The molecule has 8 heteroatoms. The number of pyridine rings is 2. The molecular weight excluding hydrogens is 380 g/mol. The highest BCUT2D eigenvalue weighted by atomic mass is 35.5. The zero-order valence-electron chi connectivity index (χ0n) is 14.1. The summed E-state index contributed by atoms with van der Waals surface area (Å²) in [5.74, 6) is 1.19. The van der Waals surface area contributed by atoms with E-state index in [1.54, 1.807) is 29.7 Å². The Balaban J connectivity index is 1.54. The molecule has 0 aliphatic rings. The van der Waals surface area contributed by atoms with Gasteiger partial charge < -0.3 is 10.6 Å². The summed E-state index contributed by atoms with van der Waals surface area (Å²) in [4.78, 5) is 9.85. The first kappa shape index (κ1) is 17.4. The van der Waals surface area contributed by atoms with Gasteiger partial charge in [-0.15, -0.1) is 11.3 Å². The van der Waals surface area contributed by atoms with Crippen molar-refractivity contribution in [2.24, 2.45) is 5.11 Å². The number of fused-ring (bicyclic) bond motifs is 1. The summed E-state index contributed by atoms with van der Waals surface area (Å²) in [5, 5.41) is 11.8. The van der Waals surface area contributed by atoms with E-state index in [4.69, 9.17) is 17.1 Å². The molecule has 3 heterocycles. The maximum Gasteiger partial charge on any atom is 0.156 e. The van der Waals surface area contributed by atoms with E-state index in [2.05, 4.69) is 31.8 Å². The number of benzene rings is 1. The molecule has 3 N–H and O–H groups in total. The Morgan fingerprint density at radius 2 is 2.07 bits per heavy atom. The van der Waals surface area contributed by atoms with Crippen LogP contribution in [0.15, 0.2) is 66.0 Å². The maximum absolute atomic E-state index is 7.38. The monoisotopic (exact) mass is 394 g/mol. The molecule has 4 aromatic rings. The fraction of sp³-hybridized carbons (Fsp3) is 0.0526. The highest BCUT2D eigenvalue weighted by molar-refractivity contribution is 7.19. The minimum Gasteiger partial charge on any atom is -0.363 e. The molecule has 134 valence electrons. The number of halogens is 1. The van der Waals surface area contributed by atoms with E-state index in [0.29, 0.717) is 28.9 Å². The fourth-order valence-electron chi connectivity index (χ4n) is 2.65. The van der Waals surface area contributed by atoms with E-state index in [0.717, 1.165) is 16.0 Å². The van der Waals surface area contributed by atoms with Crippen molar-refractivity contribution < 1.29 is 0 Å². The van der Waals surface area contributed by atoms with Gasteiger partial charge in [-0.25, -0.2) is 10.5 Å². The van der Waals surface area contributed by atoms with Gasteiger partial charge in [0.05, 0.1) is 6.54 Å². The van der Waals surface area contributed by atoms with Crippen molar-refractivity contribution in [1.82, 2.24) is 9.97 Å². The van der Waals surface area contributed by atoms with Crippen molar-refractivity contribution >= 4 is 56.0 Å². The van der Waals surface area contributed by atoms with Gasteiger partial charge in [0.25, 0.3) is 0 Å². The number of hydrogen-bond acceptors (Lipinski definition) is 7. The van der Waals surface area contributed by atoms with Crippen LogP contribution in [-0.4, -0.2) is 9.97 Å². The van der Waals surface area contributed by atoms with Crippen LogP contribution < -0.4 is 10.6 Å². The first-order chi connectivity index (χ1) is 13.2. The first-order valence-corrected chi connectivity index (χ1v) is 9.38. The second-order valence-electron chi connectivity index (χ2n) is 5.79. The molecule has 0 atom stereocenters. The lowest BCUT2D eigenvalue weighted by Gasteiger charge is -2.11. The van der Waals surface area contributed by atoms with E-state index in [9.17, 15) is 0 Å². The molecule has 3 aromatic heterocycles. The summed E-state index contributed by atoms with van der Waals surface area (Å²) in [6.07, 6.45) is 3.65. The van der Waals surface area contributed by atoms with Crippen LogP contribution in [0.1, 0.15) is 4.88 Å². The van der Waals surface area contributed by atoms with Gasteiger partial charge in [-0.2, -0.15) is 5.11 Å². The Bertz CT molecular complexity index is 1080. The summed E-state index contributed by atoms with van der Waals surface area (Å²) in [6, 6.07) is 15.1. The molecule has 6 nitrogen and oxygen atoms in total. The van der Waals surface area contributed by atoms with Gasteiger partial charge in [-0.1, -0.05) is 17.7 Å². The highest BCUT2D eigenvalue weighted by Gasteiger charge is 2.08. The van der Waals surface area contributed by atoms with Crippen LogP contribution in [0.2, 0.25) is 5.02 Å². The third-order valence-corrected chi connectivity index (χ3v) is 5.24. The minimum atomic E-state index is 0.481. The van der Waals surface area contributed by atoms with Crippen LogP contribution in [0, 0.1) is 5.53 Å². The summed E-state index contributed by atoms with van der Waals surface area (Å²) in [6.45, 7) is 0.593. The molecule has 0 amide bonds. The summed E-state index contributed by atoms with van der Waals surface area (Å²) in [5.41, 5.74) is 8.70. The van der Waals surface area contributed by atoms with Crippen LogP contribution in [-0.2, 0) is 6.54 Å². The third-order valence-electron chi connectivity index (χ3n) is 3.89. The third kappa shape index (κ3) is 4.05. The van der Waals surface area contributed by atoms with Crippen LogP contribution in [0.4, 0.5) is 23.0 Å². The molecule has 4 rings (SSSR count). The first-order valence-electron chi connectivity index (χ1n) is 8.19. The van der Waals surface area contributed by atoms with Crippen LogP contribution >= 0.6 is 22.9 Å².